The molecule has 0 spiro atoms. The standard InChI is InChI=1S/C13H17FN2O2.ClH/c1-9(8-16-12(17)13(15)6-7-13)18-11-4-2-10(14)3-5-11;/h2-5,9H,6-8,15H2,1H3,(H,16,17);1H. The van der Waals surface area contributed by atoms with Gasteiger partial charge in [0.25, 0.3) is 0 Å². The van der Waals surface area contributed by atoms with Gasteiger partial charge in [0.1, 0.15) is 17.7 Å². The van der Waals surface area contributed by atoms with Gasteiger partial charge < -0.3 is 15.8 Å². The zero-order chi connectivity index (χ0) is 13.2. The summed E-state index contributed by atoms with van der Waals surface area (Å²) in [7, 11) is 0. The van der Waals surface area contributed by atoms with Crippen molar-refractivity contribution < 1.29 is 13.9 Å². The normalized spacial score (nSPS) is 17.0. The largest absolute Gasteiger partial charge is 0.489 e. The Morgan fingerprint density at radius 2 is 2.05 bits per heavy atom. The van der Waals surface area contributed by atoms with Crippen LogP contribution in [-0.2, 0) is 4.79 Å². The van der Waals surface area contributed by atoms with Crippen molar-refractivity contribution in [1.29, 1.82) is 0 Å². The van der Waals surface area contributed by atoms with Crippen LogP contribution in [0.2, 0.25) is 0 Å². The van der Waals surface area contributed by atoms with E-state index in [0.29, 0.717) is 12.3 Å². The molecule has 19 heavy (non-hydrogen) atoms. The lowest BCUT2D eigenvalue weighted by molar-refractivity contribution is -0.123. The molecule has 4 nitrogen and oxygen atoms in total. The minimum Gasteiger partial charge on any atom is -0.489 e. The molecule has 106 valence electrons. The fourth-order valence-corrected chi connectivity index (χ4v) is 1.56. The number of hydrogen-bond acceptors (Lipinski definition) is 3. The lowest BCUT2D eigenvalue weighted by Crippen LogP contribution is -2.45. The third-order valence-electron chi connectivity index (χ3n) is 2.94. The van der Waals surface area contributed by atoms with Crippen LogP contribution < -0.4 is 15.8 Å². The van der Waals surface area contributed by atoms with Crippen molar-refractivity contribution in [2.75, 3.05) is 6.54 Å². The number of carbonyl (C=O) groups excluding carboxylic acids is 1. The Morgan fingerprint density at radius 3 is 2.58 bits per heavy atom. The molecule has 1 aliphatic rings. The van der Waals surface area contributed by atoms with E-state index in [9.17, 15) is 9.18 Å². The van der Waals surface area contributed by atoms with Gasteiger partial charge in [0.15, 0.2) is 0 Å². The van der Waals surface area contributed by atoms with Gasteiger partial charge in [-0.15, -0.1) is 12.4 Å². The third-order valence-corrected chi connectivity index (χ3v) is 2.94. The maximum absolute atomic E-state index is 12.7. The number of hydrogen-bond donors (Lipinski definition) is 2. The molecule has 3 N–H and O–H groups in total. The first kappa shape index (κ1) is 15.7. The van der Waals surface area contributed by atoms with E-state index in [-0.39, 0.29) is 30.2 Å². The van der Waals surface area contributed by atoms with Crippen molar-refractivity contribution >= 4 is 18.3 Å². The second-order valence-electron chi connectivity index (χ2n) is 4.75. The Kier molecular flexibility index (Phi) is 5.14. The summed E-state index contributed by atoms with van der Waals surface area (Å²) in [6.45, 7) is 2.22. The first-order valence-corrected chi connectivity index (χ1v) is 5.99. The molecule has 1 amide bonds. The van der Waals surface area contributed by atoms with E-state index in [2.05, 4.69) is 5.32 Å². The summed E-state index contributed by atoms with van der Waals surface area (Å²) in [5.41, 5.74) is 5.09. The number of benzene rings is 1. The zero-order valence-corrected chi connectivity index (χ0v) is 11.5. The number of halogens is 2. The Bertz CT molecular complexity index is 435. The van der Waals surface area contributed by atoms with Crippen LogP contribution in [0.4, 0.5) is 4.39 Å². The van der Waals surface area contributed by atoms with Crippen molar-refractivity contribution in [1.82, 2.24) is 5.32 Å². The summed E-state index contributed by atoms with van der Waals surface area (Å²) in [5.74, 6) is 0.145. The van der Waals surface area contributed by atoms with Gasteiger partial charge in [0.2, 0.25) is 5.91 Å². The molecule has 6 heteroatoms. The fraction of sp³-hybridized carbons (Fsp3) is 0.462. The smallest absolute Gasteiger partial charge is 0.240 e. The van der Waals surface area contributed by atoms with Crippen LogP contribution in [-0.4, -0.2) is 24.1 Å². The van der Waals surface area contributed by atoms with Gasteiger partial charge in [-0.25, -0.2) is 4.39 Å². The molecule has 1 atom stereocenters. The number of rotatable bonds is 5. The van der Waals surface area contributed by atoms with Crippen molar-refractivity contribution in [3.8, 4) is 5.75 Å². The van der Waals surface area contributed by atoms with Crippen molar-refractivity contribution in [3.05, 3.63) is 30.1 Å². The molecule has 1 saturated carbocycles. The highest BCUT2D eigenvalue weighted by Gasteiger charge is 2.45. The van der Waals surface area contributed by atoms with Crippen LogP contribution in [0.1, 0.15) is 19.8 Å². The molecule has 1 aromatic carbocycles. The molecule has 0 bridgehead atoms. The molecule has 0 aliphatic heterocycles. The first-order valence-electron chi connectivity index (χ1n) is 5.99. The summed E-state index contributed by atoms with van der Waals surface area (Å²) in [4.78, 5) is 11.6. The van der Waals surface area contributed by atoms with E-state index < -0.39 is 5.54 Å². The second kappa shape index (κ2) is 6.21. The van der Waals surface area contributed by atoms with Gasteiger partial charge in [0, 0.05) is 0 Å². The molecular weight excluding hydrogens is 271 g/mol. The molecule has 0 heterocycles. The highest BCUT2D eigenvalue weighted by Crippen LogP contribution is 2.32. The first-order chi connectivity index (χ1) is 8.49. The highest BCUT2D eigenvalue weighted by molar-refractivity contribution is 5.88. The molecule has 1 unspecified atom stereocenters. The Hall–Kier alpha value is -1.33. The number of nitrogens with one attached hydrogen (secondary N) is 1. The number of carbonyl (C=O) groups is 1. The molecule has 0 aromatic heterocycles. The van der Waals surface area contributed by atoms with Crippen LogP contribution in [0.3, 0.4) is 0 Å². The van der Waals surface area contributed by atoms with Crippen LogP contribution in [0.15, 0.2) is 24.3 Å². The monoisotopic (exact) mass is 288 g/mol. The molecule has 1 aliphatic carbocycles. The van der Waals surface area contributed by atoms with Crippen molar-refractivity contribution in [2.45, 2.75) is 31.4 Å². The van der Waals surface area contributed by atoms with Crippen LogP contribution in [0.25, 0.3) is 0 Å². The SMILES string of the molecule is CC(CNC(=O)C1(N)CC1)Oc1ccc(F)cc1.Cl. The minimum absolute atomic E-state index is 0. The Labute approximate surface area is 117 Å². The minimum atomic E-state index is -0.657. The molecule has 1 fully saturated rings. The van der Waals surface area contributed by atoms with Crippen LogP contribution >= 0.6 is 12.4 Å². The Morgan fingerprint density at radius 1 is 1.47 bits per heavy atom. The van der Waals surface area contributed by atoms with Crippen LogP contribution in [0.5, 0.6) is 5.75 Å². The summed E-state index contributed by atoms with van der Waals surface area (Å²) in [5, 5.41) is 2.75. The highest BCUT2D eigenvalue weighted by atomic mass is 35.5. The van der Waals surface area contributed by atoms with E-state index in [0.717, 1.165) is 12.8 Å². The molecule has 2 rings (SSSR count). The van der Waals surface area contributed by atoms with E-state index in [1.807, 2.05) is 6.92 Å². The fourth-order valence-electron chi connectivity index (χ4n) is 1.56. The van der Waals surface area contributed by atoms with Gasteiger partial charge in [-0.3, -0.25) is 4.79 Å². The average Bonchev–Trinajstić information content (AvgIpc) is 3.09. The molecule has 1 aromatic rings. The lowest BCUT2D eigenvalue weighted by atomic mass is 10.2. The van der Waals surface area contributed by atoms with Crippen molar-refractivity contribution in [3.63, 3.8) is 0 Å². The number of nitrogens with two attached hydrogens (primary N) is 1. The van der Waals surface area contributed by atoms with E-state index in [1.165, 1.54) is 12.1 Å². The van der Waals surface area contributed by atoms with E-state index in [1.54, 1.807) is 12.1 Å². The quantitative estimate of drug-likeness (QED) is 0.865. The van der Waals surface area contributed by atoms with E-state index >= 15 is 0 Å². The summed E-state index contributed by atoms with van der Waals surface area (Å²) >= 11 is 0. The van der Waals surface area contributed by atoms with E-state index in [4.69, 9.17) is 10.5 Å². The summed E-state index contributed by atoms with van der Waals surface area (Å²) in [6.07, 6.45) is 1.29. The molecular formula is C13H18ClFN2O2. The van der Waals surface area contributed by atoms with Gasteiger partial charge in [-0.05, 0) is 44.0 Å². The van der Waals surface area contributed by atoms with Gasteiger partial charge in [-0.1, -0.05) is 0 Å². The summed E-state index contributed by atoms with van der Waals surface area (Å²) < 4.78 is 18.2. The topological polar surface area (TPSA) is 64.4 Å². The second-order valence-corrected chi connectivity index (χ2v) is 4.75. The number of ether oxygens (including phenoxy) is 1. The zero-order valence-electron chi connectivity index (χ0n) is 10.7. The van der Waals surface area contributed by atoms with Gasteiger partial charge in [0.05, 0.1) is 12.1 Å². The summed E-state index contributed by atoms with van der Waals surface area (Å²) in [6, 6.07) is 5.78. The average molecular weight is 289 g/mol. The van der Waals surface area contributed by atoms with Crippen LogP contribution in [0, 0.1) is 5.82 Å². The maximum Gasteiger partial charge on any atom is 0.240 e. The van der Waals surface area contributed by atoms with Crippen molar-refractivity contribution in [2.24, 2.45) is 5.73 Å². The predicted octanol–water partition coefficient (Wildman–Crippen LogP) is 1.62. The Balaban J connectivity index is 0.00000180. The third kappa shape index (κ3) is 4.36. The molecule has 0 radical (unpaired) electrons. The maximum atomic E-state index is 12.7. The van der Waals surface area contributed by atoms with Gasteiger partial charge in [-0.2, -0.15) is 0 Å². The predicted molar refractivity (Wildman–Crippen MR) is 72.9 cm³/mol. The molecule has 0 saturated heterocycles. The number of amides is 1. The van der Waals surface area contributed by atoms with Gasteiger partial charge >= 0.3 is 0 Å². The lowest BCUT2D eigenvalue weighted by Gasteiger charge is -2.17.